The minimum absolute atomic E-state index is 0.216. The van der Waals surface area contributed by atoms with Crippen molar-refractivity contribution < 1.29 is 9.90 Å². The number of carboxylic acid groups (broad SMARTS) is 1. The van der Waals surface area contributed by atoms with E-state index < -0.39 is 5.97 Å². The van der Waals surface area contributed by atoms with E-state index in [1.165, 1.54) is 0 Å². The first-order valence-electron chi connectivity index (χ1n) is 4.84. The van der Waals surface area contributed by atoms with Gasteiger partial charge in [-0.3, -0.25) is 4.79 Å². The number of carboxylic acids is 1. The molecule has 3 N–H and O–H groups in total. The van der Waals surface area contributed by atoms with Crippen LogP contribution in [-0.4, -0.2) is 37.8 Å². The van der Waals surface area contributed by atoms with Crippen molar-refractivity contribution in [2.24, 2.45) is 11.8 Å². The highest BCUT2D eigenvalue weighted by atomic mass is 16.4. The molecule has 1 unspecified atom stereocenters. The summed E-state index contributed by atoms with van der Waals surface area (Å²) in [5.74, 6) is -0.542. The summed E-state index contributed by atoms with van der Waals surface area (Å²) in [4.78, 5) is 10.9. The smallest absolute Gasteiger partial charge is 0.308 e. The maximum atomic E-state index is 10.9. The Bertz CT molecular complexity index is 167. The number of piperidine rings is 1. The molecule has 1 heterocycles. The Labute approximate surface area is 78.7 Å². The largest absolute Gasteiger partial charge is 0.481 e. The van der Waals surface area contributed by atoms with Gasteiger partial charge in [0.2, 0.25) is 0 Å². The molecule has 4 heteroatoms. The highest BCUT2D eigenvalue weighted by molar-refractivity contribution is 5.70. The third-order valence-electron chi connectivity index (χ3n) is 2.69. The molecule has 1 aliphatic rings. The quantitative estimate of drug-likeness (QED) is 0.574. The van der Waals surface area contributed by atoms with Crippen LogP contribution in [0.2, 0.25) is 0 Å². The lowest BCUT2D eigenvalue weighted by Crippen LogP contribution is -2.38. The molecule has 1 saturated heterocycles. The molecule has 1 rings (SSSR count). The van der Waals surface area contributed by atoms with Crippen molar-refractivity contribution in [3.8, 4) is 0 Å². The average Bonchev–Trinajstić information content (AvgIpc) is 2.15. The lowest BCUT2D eigenvalue weighted by Gasteiger charge is -2.27. The zero-order chi connectivity index (χ0) is 9.68. The Kier molecular flexibility index (Phi) is 4.18. The predicted octanol–water partition coefficient (Wildman–Crippen LogP) is -0.0938. The van der Waals surface area contributed by atoms with Crippen LogP contribution in [0.4, 0.5) is 0 Å². The summed E-state index contributed by atoms with van der Waals surface area (Å²) in [6.07, 6.45) is 1.97. The summed E-state index contributed by atoms with van der Waals surface area (Å²) in [6.45, 7) is 2.50. The fraction of sp³-hybridized carbons (Fsp3) is 0.889. The van der Waals surface area contributed by atoms with Crippen LogP contribution in [0.25, 0.3) is 0 Å². The molecule has 1 atom stereocenters. The minimum atomic E-state index is -0.666. The molecule has 0 bridgehead atoms. The van der Waals surface area contributed by atoms with Crippen molar-refractivity contribution >= 4 is 5.97 Å². The number of hydrogen-bond donors (Lipinski definition) is 3. The van der Waals surface area contributed by atoms with Gasteiger partial charge in [0.15, 0.2) is 0 Å². The van der Waals surface area contributed by atoms with Gasteiger partial charge in [-0.1, -0.05) is 0 Å². The Morgan fingerprint density at radius 1 is 1.62 bits per heavy atom. The van der Waals surface area contributed by atoms with Crippen LogP contribution in [-0.2, 0) is 4.79 Å². The molecular formula is C9H18N2O2. The molecule has 0 aromatic heterocycles. The maximum Gasteiger partial charge on any atom is 0.308 e. The summed E-state index contributed by atoms with van der Waals surface area (Å²) < 4.78 is 0. The van der Waals surface area contributed by atoms with E-state index in [1.54, 1.807) is 7.05 Å². The van der Waals surface area contributed by atoms with Crippen LogP contribution >= 0.6 is 0 Å². The van der Waals surface area contributed by atoms with E-state index in [1.807, 2.05) is 0 Å². The fourth-order valence-electron chi connectivity index (χ4n) is 1.92. The summed E-state index contributed by atoms with van der Waals surface area (Å²) >= 11 is 0. The number of carbonyl (C=O) groups is 1. The number of hydrogen-bond acceptors (Lipinski definition) is 3. The van der Waals surface area contributed by atoms with Gasteiger partial charge in [0, 0.05) is 6.54 Å². The highest BCUT2D eigenvalue weighted by Gasteiger charge is 2.28. The molecule has 13 heavy (non-hydrogen) atoms. The molecule has 1 aliphatic heterocycles. The molecule has 0 spiro atoms. The molecule has 0 amide bonds. The van der Waals surface area contributed by atoms with Crippen LogP contribution in [0.1, 0.15) is 12.8 Å². The standard InChI is InChI=1S/C9H18N2O2/c1-10-6-8(9(12)13)7-2-4-11-5-3-7/h7-8,10-11H,2-6H2,1H3,(H,12,13). The highest BCUT2D eigenvalue weighted by Crippen LogP contribution is 2.21. The van der Waals surface area contributed by atoms with Gasteiger partial charge in [0.25, 0.3) is 0 Å². The van der Waals surface area contributed by atoms with Gasteiger partial charge in [-0.2, -0.15) is 0 Å². The Morgan fingerprint density at radius 2 is 2.23 bits per heavy atom. The van der Waals surface area contributed by atoms with Crippen LogP contribution in [0.3, 0.4) is 0 Å². The lowest BCUT2D eigenvalue weighted by molar-refractivity contribution is -0.143. The topological polar surface area (TPSA) is 61.4 Å². The van der Waals surface area contributed by atoms with Gasteiger partial charge >= 0.3 is 5.97 Å². The predicted molar refractivity (Wildman–Crippen MR) is 50.6 cm³/mol. The van der Waals surface area contributed by atoms with Gasteiger partial charge < -0.3 is 15.7 Å². The van der Waals surface area contributed by atoms with Crippen LogP contribution in [0.5, 0.6) is 0 Å². The van der Waals surface area contributed by atoms with Crippen LogP contribution in [0.15, 0.2) is 0 Å². The SMILES string of the molecule is CNCC(C(=O)O)C1CCNCC1. The molecule has 76 valence electrons. The van der Waals surface area contributed by atoms with E-state index in [9.17, 15) is 4.79 Å². The van der Waals surface area contributed by atoms with Crippen molar-refractivity contribution in [3.63, 3.8) is 0 Å². The second kappa shape index (κ2) is 5.19. The molecule has 4 nitrogen and oxygen atoms in total. The fourth-order valence-corrected chi connectivity index (χ4v) is 1.92. The maximum absolute atomic E-state index is 10.9. The van der Waals surface area contributed by atoms with Crippen molar-refractivity contribution in [1.29, 1.82) is 0 Å². The minimum Gasteiger partial charge on any atom is -0.481 e. The summed E-state index contributed by atoms with van der Waals surface area (Å²) in [6, 6.07) is 0. The molecule has 1 fully saturated rings. The molecular weight excluding hydrogens is 168 g/mol. The summed E-state index contributed by atoms with van der Waals surface area (Å²) in [5, 5.41) is 15.2. The van der Waals surface area contributed by atoms with Crippen LogP contribution < -0.4 is 10.6 Å². The molecule has 0 radical (unpaired) electrons. The van der Waals surface area contributed by atoms with Crippen LogP contribution in [0, 0.1) is 11.8 Å². The lowest BCUT2D eigenvalue weighted by atomic mass is 9.85. The number of nitrogens with one attached hydrogen (secondary N) is 2. The first-order valence-corrected chi connectivity index (χ1v) is 4.84. The zero-order valence-electron chi connectivity index (χ0n) is 8.05. The Hall–Kier alpha value is -0.610. The van der Waals surface area contributed by atoms with Gasteiger partial charge in [0.1, 0.15) is 0 Å². The normalized spacial score (nSPS) is 21.3. The van der Waals surface area contributed by atoms with E-state index in [0.29, 0.717) is 12.5 Å². The molecule has 0 aliphatic carbocycles. The molecule has 0 aromatic carbocycles. The van der Waals surface area contributed by atoms with E-state index in [0.717, 1.165) is 25.9 Å². The first kappa shape index (κ1) is 10.5. The monoisotopic (exact) mass is 186 g/mol. The van der Waals surface area contributed by atoms with Crippen molar-refractivity contribution in [1.82, 2.24) is 10.6 Å². The summed E-state index contributed by atoms with van der Waals surface area (Å²) in [7, 11) is 1.80. The van der Waals surface area contributed by atoms with Gasteiger partial charge in [0.05, 0.1) is 5.92 Å². The summed E-state index contributed by atoms with van der Waals surface area (Å²) in [5.41, 5.74) is 0. The van der Waals surface area contributed by atoms with E-state index in [4.69, 9.17) is 5.11 Å². The second-order valence-corrected chi connectivity index (χ2v) is 3.59. The number of rotatable bonds is 4. The van der Waals surface area contributed by atoms with Crippen molar-refractivity contribution in [3.05, 3.63) is 0 Å². The average molecular weight is 186 g/mol. The van der Waals surface area contributed by atoms with Crippen molar-refractivity contribution in [2.45, 2.75) is 12.8 Å². The van der Waals surface area contributed by atoms with Gasteiger partial charge in [-0.25, -0.2) is 0 Å². The van der Waals surface area contributed by atoms with E-state index >= 15 is 0 Å². The van der Waals surface area contributed by atoms with E-state index in [-0.39, 0.29) is 5.92 Å². The van der Waals surface area contributed by atoms with E-state index in [2.05, 4.69) is 10.6 Å². The van der Waals surface area contributed by atoms with Gasteiger partial charge in [-0.15, -0.1) is 0 Å². The van der Waals surface area contributed by atoms with Gasteiger partial charge in [-0.05, 0) is 38.9 Å². The molecule has 0 saturated carbocycles. The third kappa shape index (κ3) is 2.97. The Balaban J connectivity index is 2.46. The third-order valence-corrected chi connectivity index (χ3v) is 2.69. The van der Waals surface area contributed by atoms with Crippen molar-refractivity contribution in [2.75, 3.05) is 26.7 Å². The second-order valence-electron chi connectivity index (χ2n) is 3.59. The molecule has 0 aromatic rings. The zero-order valence-corrected chi connectivity index (χ0v) is 8.05. The first-order chi connectivity index (χ1) is 6.25. The number of aliphatic carboxylic acids is 1. The Morgan fingerprint density at radius 3 is 2.69 bits per heavy atom.